The van der Waals surface area contributed by atoms with Crippen molar-refractivity contribution in [1.29, 1.82) is 0 Å². The summed E-state index contributed by atoms with van der Waals surface area (Å²) in [5, 5.41) is 3.35. The standard InChI is InChI=1S/C25H35NO2S/c1-24-15-13-23(27)26-21(24)10-8-18-19-9-11-22(25(19,2)14-12-20(18)24)28-16-4-6-17(29-3)7-5-16/h4-7,18-22H,8-15H2,1-3H3,(H,26,27)/t18-,19-,20+,21?,22?,24+,25-/m0/s1. The molecule has 4 aliphatic rings. The Balaban J connectivity index is 1.34. The van der Waals surface area contributed by atoms with Gasteiger partial charge in [0.15, 0.2) is 0 Å². The third-order valence-electron chi connectivity index (χ3n) is 9.35. The van der Waals surface area contributed by atoms with Crippen molar-refractivity contribution in [3.63, 3.8) is 0 Å². The summed E-state index contributed by atoms with van der Waals surface area (Å²) in [6.45, 7) is 4.99. The van der Waals surface area contributed by atoms with Crippen LogP contribution in [0.15, 0.2) is 29.2 Å². The van der Waals surface area contributed by atoms with Crippen LogP contribution in [-0.4, -0.2) is 24.3 Å². The van der Waals surface area contributed by atoms with E-state index in [2.05, 4.69) is 49.7 Å². The van der Waals surface area contributed by atoms with Gasteiger partial charge in [0.05, 0.1) is 0 Å². The summed E-state index contributed by atoms with van der Waals surface area (Å²) in [4.78, 5) is 13.3. The lowest BCUT2D eigenvalue weighted by atomic mass is 9.47. The highest BCUT2D eigenvalue weighted by Gasteiger charge is 2.61. The average molecular weight is 414 g/mol. The predicted octanol–water partition coefficient (Wildman–Crippen LogP) is 5.68. The van der Waals surface area contributed by atoms with Crippen molar-refractivity contribution in [2.75, 3.05) is 6.26 Å². The first-order valence-electron chi connectivity index (χ1n) is 11.5. The number of hydrogen-bond donors (Lipinski definition) is 1. The Bertz CT molecular complexity index is 780. The summed E-state index contributed by atoms with van der Waals surface area (Å²) in [7, 11) is 0. The fourth-order valence-electron chi connectivity index (χ4n) is 7.67. The van der Waals surface area contributed by atoms with Gasteiger partial charge in [0.1, 0.15) is 11.9 Å². The lowest BCUT2D eigenvalue weighted by Gasteiger charge is -2.60. The molecule has 1 aliphatic heterocycles. The molecule has 0 radical (unpaired) electrons. The molecule has 1 N–H and O–H groups in total. The van der Waals surface area contributed by atoms with Crippen LogP contribution >= 0.6 is 11.8 Å². The van der Waals surface area contributed by atoms with E-state index >= 15 is 0 Å². The Morgan fingerprint density at radius 3 is 2.48 bits per heavy atom. The normalized spacial score (nSPS) is 43.7. The molecule has 0 bridgehead atoms. The van der Waals surface area contributed by atoms with Crippen LogP contribution in [0.5, 0.6) is 5.75 Å². The number of hydrogen-bond acceptors (Lipinski definition) is 3. The molecule has 29 heavy (non-hydrogen) atoms. The van der Waals surface area contributed by atoms with Crippen molar-refractivity contribution in [3.05, 3.63) is 24.3 Å². The molecule has 1 aromatic carbocycles. The second-order valence-electron chi connectivity index (χ2n) is 10.5. The lowest BCUT2D eigenvalue weighted by molar-refractivity contribution is -0.137. The van der Waals surface area contributed by atoms with Crippen LogP contribution in [0.25, 0.3) is 0 Å². The topological polar surface area (TPSA) is 38.3 Å². The first-order chi connectivity index (χ1) is 13.9. The first kappa shape index (κ1) is 19.8. The molecule has 158 valence electrons. The van der Waals surface area contributed by atoms with Crippen molar-refractivity contribution < 1.29 is 9.53 Å². The van der Waals surface area contributed by atoms with Crippen molar-refractivity contribution in [2.45, 2.75) is 82.3 Å². The van der Waals surface area contributed by atoms with Gasteiger partial charge in [-0.05, 0) is 98.6 Å². The minimum absolute atomic E-state index is 0.272. The fourth-order valence-corrected chi connectivity index (χ4v) is 8.07. The van der Waals surface area contributed by atoms with Crippen LogP contribution in [0.4, 0.5) is 0 Å². The maximum absolute atomic E-state index is 12.0. The highest BCUT2D eigenvalue weighted by molar-refractivity contribution is 7.98. The van der Waals surface area contributed by atoms with Crippen molar-refractivity contribution >= 4 is 17.7 Å². The summed E-state index contributed by atoms with van der Waals surface area (Å²) < 4.78 is 6.61. The van der Waals surface area contributed by atoms with Crippen molar-refractivity contribution in [1.82, 2.24) is 5.32 Å². The number of carbonyl (C=O) groups excluding carboxylic acids is 1. The molecule has 2 unspecified atom stereocenters. The lowest BCUT2D eigenvalue weighted by Crippen LogP contribution is -2.61. The highest BCUT2D eigenvalue weighted by atomic mass is 32.2. The van der Waals surface area contributed by atoms with E-state index in [0.29, 0.717) is 23.0 Å². The van der Waals surface area contributed by atoms with Gasteiger partial charge < -0.3 is 10.1 Å². The van der Waals surface area contributed by atoms with E-state index in [4.69, 9.17) is 4.74 Å². The van der Waals surface area contributed by atoms with Crippen LogP contribution in [-0.2, 0) is 4.79 Å². The number of rotatable bonds is 3. The maximum atomic E-state index is 12.0. The van der Waals surface area contributed by atoms with E-state index < -0.39 is 0 Å². The molecule has 4 heteroatoms. The van der Waals surface area contributed by atoms with Gasteiger partial charge >= 0.3 is 0 Å². The Hall–Kier alpha value is -1.16. The molecule has 3 nitrogen and oxygen atoms in total. The van der Waals surface area contributed by atoms with Crippen molar-refractivity contribution in [3.8, 4) is 5.75 Å². The predicted molar refractivity (Wildman–Crippen MR) is 118 cm³/mol. The van der Waals surface area contributed by atoms with Crippen LogP contribution in [0.1, 0.15) is 65.2 Å². The number of piperidine rings is 1. The van der Waals surface area contributed by atoms with Gasteiger partial charge in [-0.1, -0.05) is 13.8 Å². The molecule has 7 atom stereocenters. The van der Waals surface area contributed by atoms with Gasteiger partial charge in [-0.25, -0.2) is 0 Å². The number of thioether (sulfide) groups is 1. The van der Waals surface area contributed by atoms with Crippen molar-refractivity contribution in [2.24, 2.45) is 28.6 Å². The molecule has 1 saturated heterocycles. The molecular weight excluding hydrogens is 378 g/mol. The largest absolute Gasteiger partial charge is 0.490 e. The summed E-state index contributed by atoms with van der Waals surface area (Å²) in [5.41, 5.74) is 0.588. The summed E-state index contributed by atoms with van der Waals surface area (Å²) in [6, 6.07) is 9.03. The summed E-state index contributed by atoms with van der Waals surface area (Å²) in [5.74, 6) is 3.64. The van der Waals surface area contributed by atoms with Gasteiger partial charge in [-0.3, -0.25) is 4.79 Å². The molecule has 5 rings (SSSR count). The van der Waals surface area contributed by atoms with Gasteiger partial charge in [-0.15, -0.1) is 11.8 Å². The molecule has 4 fully saturated rings. The van der Waals surface area contributed by atoms with Crippen LogP contribution in [0.2, 0.25) is 0 Å². The van der Waals surface area contributed by atoms with Crippen LogP contribution in [0, 0.1) is 28.6 Å². The van der Waals surface area contributed by atoms with Crippen LogP contribution in [0.3, 0.4) is 0 Å². The van der Waals surface area contributed by atoms with E-state index in [1.54, 1.807) is 11.8 Å². The molecule has 3 aliphatic carbocycles. The minimum Gasteiger partial charge on any atom is -0.490 e. The highest BCUT2D eigenvalue weighted by Crippen LogP contribution is 2.64. The zero-order valence-electron chi connectivity index (χ0n) is 18.1. The SMILES string of the molecule is CSc1ccc(OC2CC[C@H]3[C@@H]4CCC5NC(=O)CC[C@]5(C)[C@@H]4CC[C@]23C)cc1. The van der Waals surface area contributed by atoms with Gasteiger partial charge in [0, 0.05) is 22.8 Å². The van der Waals surface area contributed by atoms with Crippen LogP contribution < -0.4 is 10.1 Å². The maximum Gasteiger partial charge on any atom is 0.220 e. The first-order valence-corrected chi connectivity index (χ1v) is 12.8. The molecule has 0 spiro atoms. The van der Waals surface area contributed by atoms with E-state index in [1.165, 1.54) is 37.0 Å². The number of amides is 1. The number of nitrogens with one attached hydrogen (secondary N) is 1. The monoisotopic (exact) mass is 413 g/mol. The zero-order valence-corrected chi connectivity index (χ0v) is 18.9. The van der Waals surface area contributed by atoms with E-state index in [1.807, 2.05) is 0 Å². The van der Waals surface area contributed by atoms with E-state index in [-0.39, 0.29) is 5.91 Å². The van der Waals surface area contributed by atoms with Gasteiger partial charge in [0.25, 0.3) is 0 Å². The Kier molecular flexibility index (Phi) is 4.92. The van der Waals surface area contributed by atoms with E-state index in [9.17, 15) is 4.79 Å². The summed E-state index contributed by atoms with van der Waals surface area (Å²) in [6.07, 6.45) is 11.7. The van der Waals surface area contributed by atoms with Gasteiger partial charge in [0.2, 0.25) is 5.91 Å². The van der Waals surface area contributed by atoms with Gasteiger partial charge in [-0.2, -0.15) is 0 Å². The molecule has 1 heterocycles. The Labute approximate surface area is 179 Å². The third-order valence-corrected chi connectivity index (χ3v) is 10.1. The number of benzene rings is 1. The molecule has 1 amide bonds. The third kappa shape index (κ3) is 3.12. The quantitative estimate of drug-likeness (QED) is 0.648. The number of fused-ring (bicyclic) bond motifs is 5. The second kappa shape index (κ2) is 7.21. The smallest absolute Gasteiger partial charge is 0.220 e. The Morgan fingerprint density at radius 1 is 0.966 bits per heavy atom. The molecule has 0 aromatic heterocycles. The van der Waals surface area contributed by atoms with E-state index in [0.717, 1.165) is 42.8 Å². The Morgan fingerprint density at radius 2 is 1.72 bits per heavy atom. The number of carbonyl (C=O) groups is 1. The minimum atomic E-state index is 0.272. The fraction of sp³-hybridized carbons (Fsp3) is 0.720. The molecule has 3 saturated carbocycles. The zero-order chi connectivity index (χ0) is 20.2. The molecule has 1 aromatic rings. The average Bonchev–Trinajstić information content (AvgIpc) is 3.05. The summed E-state index contributed by atoms with van der Waals surface area (Å²) >= 11 is 1.78. The number of ether oxygens (including phenoxy) is 1. The second-order valence-corrected chi connectivity index (χ2v) is 11.4. The molecular formula is C25H35NO2S.